The number of Topliss-reactive ketones (excluding diaryl/α,β-unsaturated/α-hetero) is 1. The third kappa shape index (κ3) is 5.15. The number of carbonyl (C=O) groups excluding carboxylic acids is 2. The fourth-order valence-corrected chi connectivity index (χ4v) is 3.42. The third-order valence-corrected chi connectivity index (χ3v) is 4.95. The molecule has 0 spiro atoms. The maximum atomic E-state index is 12.6. The summed E-state index contributed by atoms with van der Waals surface area (Å²) < 4.78 is 10.6. The van der Waals surface area contributed by atoms with Crippen molar-refractivity contribution >= 4 is 23.4 Å². The molecule has 2 atom stereocenters. The van der Waals surface area contributed by atoms with Gasteiger partial charge in [0.05, 0.1) is 32.7 Å². The Morgan fingerprint density at radius 3 is 3.00 bits per heavy atom. The van der Waals surface area contributed by atoms with Crippen LogP contribution in [0.4, 0.5) is 5.69 Å². The summed E-state index contributed by atoms with van der Waals surface area (Å²) in [5.41, 5.74) is 1.89. The van der Waals surface area contributed by atoms with Gasteiger partial charge in [0.1, 0.15) is 5.75 Å². The van der Waals surface area contributed by atoms with Gasteiger partial charge in [-0.1, -0.05) is 6.07 Å². The van der Waals surface area contributed by atoms with Crippen LogP contribution >= 0.6 is 0 Å². The zero-order valence-electron chi connectivity index (χ0n) is 16.4. The van der Waals surface area contributed by atoms with E-state index in [0.717, 1.165) is 49.0 Å². The Labute approximate surface area is 165 Å². The summed E-state index contributed by atoms with van der Waals surface area (Å²) in [7, 11) is 1.34. The number of nitrogens with one attached hydrogen (secondary N) is 3. The molecule has 152 valence electrons. The number of benzene rings is 1. The molecule has 2 aliphatic rings. The van der Waals surface area contributed by atoms with Gasteiger partial charge in [-0.15, -0.1) is 0 Å². The van der Waals surface area contributed by atoms with Gasteiger partial charge in [-0.2, -0.15) is 0 Å². The number of carbonyl (C=O) groups is 2. The van der Waals surface area contributed by atoms with Crippen molar-refractivity contribution in [3.63, 3.8) is 0 Å². The lowest BCUT2D eigenvalue weighted by Crippen LogP contribution is -2.34. The van der Waals surface area contributed by atoms with E-state index in [1.54, 1.807) is 0 Å². The number of aliphatic imine (C=N–C) groups is 1. The molecule has 2 unspecified atom stereocenters. The number of ketones is 1. The highest BCUT2D eigenvalue weighted by Crippen LogP contribution is 2.30. The van der Waals surface area contributed by atoms with Crippen molar-refractivity contribution in [2.75, 3.05) is 38.7 Å². The van der Waals surface area contributed by atoms with Gasteiger partial charge in [0, 0.05) is 30.8 Å². The minimum atomic E-state index is -0.374. The minimum Gasteiger partial charge on any atom is -0.493 e. The van der Waals surface area contributed by atoms with E-state index >= 15 is 0 Å². The van der Waals surface area contributed by atoms with Gasteiger partial charge in [-0.3, -0.25) is 14.6 Å². The number of methoxy groups -OCH3 is 1. The smallest absolute Gasteiger partial charge is 0.306 e. The summed E-state index contributed by atoms with van der Waals surface area (Å²) in [5, 5.41) is 9.65. The zero-order valence-corrected chi connectivity index (χ0v) is 16.4. The summed E-state index contributed by atoms with van der Waals surface area (Å²) in [6.07, 6.45) is 1.47. The molecule has 0 aromatic heterocycles. The molecule has 8 nitrogen and oxygen atoms in total. The second kappa shape index (κ2) is 9.43. The van der Waals surface area contributed by atoms with Crippen LogP contribution in [0.1, 0.15) is 25.3 Å². The van der Waals surface area contributed by atoms with E-state index in [4.69, 9.17) is 9.47 Å². The standard InChI is InChI=1S/C20H28N4O4/c1-13-19(26)15(11-18(25)27-2)10-14-4-5-16(12-17(14)24-13)28-9-3-6-21-20-22-7-8-23-20/h4-5,12-13,15,24H,3,6-11H2,1-2H3,(H2,21,22,23). The van der Waals surface area contributed by atoms with Crippen LogP contribution in [0, 0.1) is 5.92 Å². The first-order valence-corrected chi connectivity index (χ1v) is 9.72. The second-order valence-electron chi connectivity index (χ2n) is 7.05. The molecule has 0 fully saturated rings. The van der Waals surface area contributed by atoms with Gasteiger partial charge in [0.25, 0.3) is 0 Å². The summed E-state index contributed by atoms with van der Waals surface area (Å²) in [6.45, 7) is 4.90. The average Bonchev–Trinajstić information content (AvgIpc) is 3.17. The predicted molar refractivity (Wildman–Crippen MR) is 107 cm³/mol. The lowest BCUT2D eigenvalue weighted by molar-refractivity contribution is -0.143. The van der Waals surface area contributed by atoms with Crippen LogP contribution in [0.25, 0.3) is 0 Å². The van der Waals surface area contributed by atoms with Crippen LogP contribution in [-0.4, -0.2) is 57.1 Å². The Balaban J connectivity index is 1.55. The Morgan fingerprint density at radius 2 is 2.25 bits per heavy atom. The van der Waals surface area contributed by atoms with E-state index in [9.17, 15) is 9.59 Å². The van der Waals surface area contributed by atoms with Crippen LogP contribution in [-0.2, 0) is 20.7 Å². The minimum absolute atomic E-state index is 0.0265. The Morgan fingerprint density at radius 1 is 1.39 bits per heavy atom. The number of fused-ring (bicyclic) bond motifs is 1. The van der Waals surface area contributed by atoms with Crippen molar-refractivity contribution in [1.29, 1.82) is 0 Å². The number of hydrogen-bond donors (Lipinski definition) is 3. The number of hydrogen-bond acceptors (Lipinski definition) is 8. The molecule has 1 aromatic carbocycles. The molecule has 0 radical (unpaired) electrons. The molecule has 8 heteroatoms. The molecule has 0 saturated heterocycles. The lowest BCUT2D eigenvalue weighted by Gasteiger charge is -2.15. The van der Waals surface area contributed by atoms with Crippen molar-refractivity contribution in [2.45, 2.75) is 32.2 Å². The summed E-state index contributed by atoms with van der Waals surface area (Å²) in [5.74, 6) is 0.907. The highest BCUT2D eigenvalue weighted by molar-refractivity contribution is 5.92. The van der Waals surface area contributed by atoms with Crippen molar-refractivity contribution in [3.8, 4) is 5.75 Å². The summed E-state index contributed by atoms with van der Waals surface area (Å²) >= 11 is 0. The average molecular weight is 388 g/mol. The SMILES string of the molecule is COC(=O)CC1Cc2ccc(OCCCNC3=NCCN3)cc2NC(C)C1=O. The normalized spacial score (nSPS) is 20.9. The van der Waals surface area contributed by atoms with E-state index in [0.29, 0.717) is 13.0 Å². The van der Waals surface area contributed by atoms with Crippen molar-refractivity contribution in [1.82, 2.24) is 10.6 Å². The van der Waals surface area contributed by atoms with E-state index in [1.165, 1.54) is 7.11 Å². The summed E-state index contributed by atoms with van der Waals surface area (Å²) in [4.78, 5) is 28.5. The molecule has 3 rings (SSSR count). The molecule has 0 aliphatic carbocycles. The van der Waals surface area contributed by atoms with Gasteiger partial charge in [-0.25, -0.2) is 0 Å². The van der Waals surface area contributed by atoms with Crippen LogP contribution in [0.3, 0.4) is 0 Å². The number of esters is 1. The largest absolute Gasteiger partial charge is 0.493 e. The topological polar surface area (TPSA) is 101 Å². The number of ether oxygens (including phenoxy) is 2. The number of guanidine groups is 1. The molecule has 2 aliphatic heterocycles. The zero-order chi connectivity index (χ0) is 19.9. The molecular formula is C20H28N4O4. The molecule has 28 heavy (non-hydrogen) atoms. The van der Waals surface area contributed by atoms with Crippen molar-refractivity contribution < 1.29 is 19.1 Å². The monoisotopic (exact) mass is 388 g/mol. The first-order valence-electron chi connectivity index (χ1n) is 9.72. The second-order valence-corrected chi connectivity index (χ2v) is 7.05. The Hall–Kier alpha value is -2.77. The molecule has 0 saturated carbocycles. The van der Waals surface area contributed by atoms with Gasteiger partial charge in [0.15, 0.2) is 11.7 Å². The van der Waals surface area contributed by atoms with Crippen LogP contribution in [0.2, 0.25) is 0 Å². The van der Waals surface area contributed by atoms with E-state index in [1.807, 2.05) is 25.1 Å². The highest BCUT2D eigenvalue weighted by atomic mass is 16.5. The van der Waals surface area contributed by atoms with E-state index in [2.05, 4.69) is 20.9 Å². The Kier molecular flexibility index (Phi) is 6.73. The highest BCUT2D eigenvalue weighted by Gasteiger charge is 2.31. The van der Waals surface area contributed by atoms with E-state index < -0.39 is 0 Å². The number of rotatable bonds is 7. The van der Waals surface area contributed by atoms with Gasteiger partial charge in [-0.05, 0) is 31.4 Å². The maximum absolute atomic E-state index is 12.6. The molecule has 2 heterocycles. The van der Waals surface area contributed by atoms with Gasteiger partial charge >= 0.3 is 5.97 Å². The third-order valence-electron chi connectivity index (χ3n) is 4.95. The first kappa shape index (κ1) is 20.0. The summed E-state index contributed by atoms with van der Waals surface area (Å²) in [6, 6.07) is 5.43. The fraction of sp³-hybridized carbons (Fsp3) is 0.550. The Bertz CT molecular complexity index is 750. The number of nitrogens with zero attached hydrogens (tertiary/aromatic N) is 1. The fourth-order valence-electron chi connectivity index (χ4n) is 3.42. The molecule has 3 N–H and O–H groups in total. The predicted octanol–water partition coefficient (Wildman–Crippen LogP) is 1.11. The van der Waals surface area contributed by atoms with Crippen LogP contribution < -0.4 is 20.7 Å². The lowest BCUT2D eigenvalue weighted by atomic mass is 9.91. The number of anilines is 1. The molecule has 1 aromatic rings. The van der Waals surface area contributed by atoms with Crippen LogP contribution in [0.15, 0.2) is 23.2 Å². The molecule has 0 bridgehead atoms. The molecular weight excluding hydrogens is 360 g/mol. The van der Waals surface area contributed by atoms with Gasteiger partial charge < -0.3 is 25.4 Å². The van der Waals surface area contributed by atoms with E-state index in [-0.39, 0.29) is 30.1 Å². The van der Waals surface area contributed by atoms with Crippen molar-refractivity contribution in [3.05, 3.63) is 23.8 Å². The maximum Gasteiger partial charge on any atom is 0.306 e. The van der Waals surface area contributed by atoms with Crippen molar-refractivity contribution in [2.24, 2.45) is 10.9 Å². The van der Waals surface area contributed by atoms with Crippen LogP contribution in [0.5, 0.6) is 5.75 Å². The quantitative estimate of drug-likeness (QED) is 0.475. The van der Waals surface area contributed by atoms with Gasteiger partial charge in [0.2, 0.25) is 0 Å². The molecule has 0 amide bonds. The first-order chi connectivity index (χ1) is 13.6.